The van der Waals surface area contributed by atoms with Crippen molar-refractivity contribution in [2.24, 2.45) is 0 Å². The monoisotopic (exact) mass is 414 g/mol. The number of allylic oxidation sites excluding steroid dienone is 1. The summed E-state index contributed by atoms with van der Waals surface area (Å²) in [4.78, 5) is 14.5. The van der Waals surface area contributed by atoms with Gasteiger partial charge in [-0.2, -0.15) is 8.78 Å². The number of carbonyl (C=O) groups is 1. The number of carbonyl (C=O) groups excluding carboxylic acids is 1. The Bertz CT molecular complexity index is 757. The number of nitrogens with one attached hydrogen (secondary N) is 1. The van der Waals surface area contributed by atoms with Gasteiger partial charge < -0.3 is 24.4 Å². The van der Waals surface area contributed by atoms with Crippen molar-refractivity contribution in [3.8, 4) is 5.75 Å². The molecule has 0 fully saturated rings. The van der Waals surface area contributed by atoms with Crippen LogP contribution >= 0.6 is 12.2 Å². The molecule has 2 rings (SSSR count). The number of nitrogens with zero attached hydrogens (tertiary/aromatic N) is 1. The minimum Gasteiger partial charge on any atom is -0.463 e. The molecule has 1 N–H and O–H groups in total. The maximum Gasteiger partial charge on any atom is 0.387 e. The van der Waals surface area contributed by atoms with E-state index < -0.39 is 18.6 Å². The maximum absolute atomic E-state index is 12.9. The molecule has 28 heavy (non-hydrogen) atoms. The lowest BCUT2D eigenvalue weighted by atomic mass is 9.93. The molecule has 154 valence electrons. The SMILES string of the molecule is CCOC(=O)C1=C(C)N([C@@H](C)COC)C(=S)N[C@@H]1c1ccccc1OC(F)F. The Morgan fingerprint density at radius 3 is 2.64 bits per heavy atom. The van der Waals surface area contributed by atoms with E-state index >= 15 is 0 Å². The summed E-state index contributed by atoms with van der Waals surface area (Å²) in [6.07, 6.45) is 0. The molecule has 6 nitrogen and oxygen atoms in total. The molecule has 0 radical (unpaired) electrons. The van der Waals surface area contributed by atoms with Crippen molar-refractivity contribution in [3.05, 3.63) is 41.1 Å². The van der Waals surface area contributed by atoms with Crippen LogP contribution in [0.1, 0.15) is 32.4 Å². The van der Waals surface area contributed by atoms with Crippen molar-refractivity contribution in [1.82, 2.24) is 10.2 Å². The number of hydrogen-bond donors (Lipinski definition) is 1. The Morgan fingerprint density at radius 2 is 2.04 bits per heavy atom. The number of hydrogen-bond acceptors (Lipinski definition) is 5. The highest BCUT2D eigenvalue weighted by molar-refractivity contribution is 7.80. The zero-order chi connectivity index (χ0) is 20.8. The third-order valence-corrected chi connectivity index (χ3v) is 4.63. The van der Waals surface area contributed by atoms with Gasteiger partial charge in [0.05, 0.1) is 30.9 Å². The summed E-state index contributed by atoms with van der Waals surface area (Å²) in [5.41, 5.74) is 1.22. The van der Waals surface area contributed by atoms with E-state index in [1.807, 2.05) is 6.92 Å². The van der Waals surface area contributed by atoms with Crippen molar-refractivity contribution < 1.29 is 27.8 Å². The second-order valence-corrected chi connectivity index (χ2v) is 6.58. The molecule has 1 aliphatic rings. The lowest BCUT2D eigenvalue weighted by Gasteiger charge is -2.40. The Morgan fingerprint density at radius 1 is 1.36 bits per heavy atom. The lowest BCUT2D eigenvalue weighted by molar-refractivity contribution is -0.139. The average molecular weight is 414 g/mol. The Hall–Kier alpha value is -2.26. The van der Waals surface area contributed by atoms with E-state index in [4.69, 9.17) is 21.7 Å². The van der Waals surface area contributed by atoms with Crippen LogP contribution in [-0.2, 0) is 14.3 Å². The predicted molar refractivity (Wildman–Crippen MR) is 104 cm³/mol. The maximum atomic E-state index is 12.9. The first kappa shape index (κ1) is 22.0. The summed E-state index contributed by atoms with van der Waals surface area (Å²) >= 11 is 5.49. The minimum atomic E-state index is -2.99. The molecule has 1 aromatic rings. The van der Waals surface area contributed by atoms with Crippen LogP contribution in [-0.4, -0.2) is 49.0 Å². The molecule has 0 spiro atoms. The van der Waals surface area contributed by atoms with Gasteiger partial charge in [0.25, 0.3) is 0 Å². The van der Waals surface area contributed by atoms with Crippen LogP contribution in [0.4, 0.5) is 8.78 Å². The van der Waals surface area contributed by atoms with Crippen molar-refractivity contribution >= 4 is 23.3 Å². The molecule has 0 amide bonds. The van der Waals surface area contributed by atoms with Gasteiger partial charge in [-0.05, 0) is 39.1 Å². The zero-order valence-corrected chi connectivity index (χ0v) is 17.0. The fourth-order valence-corrected chi connectivity index (χ4v) is 3.67. The van der Waals surface area contributed by atoms with Crippen LogP contribution in [0.2, 0.25) is 0 Å². The number of rotatable bonds is 8. The summed E-state index contributed by atoms with van der Waals surface area (Å²) in [5.74, 6) is -0.591. The molecule has 0 aromatic heterocycles. The van der Waals surface area contributed by atoms with Crippen LogP contribution in [0.25, 0.3) is 0 Å². The summed E-state index contributed by atoms with van der Waals surface area (Å²) < 4.78 is 40.8. The van der Waals surface area contributed by atoms with Crippen molar-refractivity contribution in [3.63, 3.8) is 0 Å². The predicted octanol–water partition coefficient (Wildman–Crippen LogP) is 3.39. The molecule has 2 atom stereocenters. The van der Waals surface area contributed by atoms with E-state index in [0.717, 1.165) is 0 Å². The highest BCUT2D eigenvalue weighted by Gasteiger charge is 2.37. The quantitative estimate of drug-likeness (QED) is 0.517. The molecule has 1 aliphatic heterocycles. The van der Waals surface area contributed by atoms with Gasteiger partial charge in [0.2, 0.25) is 0 Å². The Kier molecular flexibility index (Phi) is 7.70. The Labute approximate surface area is 168 Å². The van der Waals surface area contributed by atoms with Crippen molar-refractivity contribution in [1.29, 1.82) is 0 Å². The van der Waals surface area contributed by atoms with E-state index in [9.17, 15) is 13.6 Å². The first-order chi connectivity index (χ1) is 13.3. The van der Waals surface area contributed by atoms with E-state index in [0.29, 0.717) is 23.0 Å². The third-order valence-electron chi connectivity index (χ3n) is 4.32. The van der Waals surface area contributed by atoms with Crippen LogP contribution in [0.5, 0.6) is 5.75 Å². The second-order valence-electron chi connectivity index (χ2n) is 6.19. The number of methoxy groups -OCH3 is 1. The van der Waals surface area contributed by atoms with Gasteiger partial charge in [-0.25, -0.2) is 4.79 Å². The van der Waals surface area contributed by atoms with Crippen molar-refractivity contribution in [2.45, 2.75) is 39.5 Å². The van der Waals surface area contributed by atoms with Gasteiger partial charge in [-0.1, -0.05) is 18.2 Å². The largest absolute Gasteiger partial charge is 0.463 e. The fraction of sp³-hybridized carbons (Fsp3) is 0.474. The van der Waals surface area contributed by atoms with Crippen LogP contribution < -0.4 is 10.1 Å². The molecule has 1 heterocycles. The summed E-state index contributed by atoms with van der Waals surface area (Å²) in [5, 5.41) is 3.43. The van der Waals surface area contributed by atoms with E-state index in [2.05, 4.69) is 10.1 Å². The molecule has 0 aliphatic carbocycles. The van der Waals surface area contributed by atoms with E-state index in [-0.39, 0.29) is 24.0 Å². The van der Waals surface area contributed by atoms with Gasteiger partial charge in [0, 0.05) is 18.4 Å². The highest BCUT2D eigenvalue weighted by Crippen LogP contribution is 2.37. The zero-order valence-electron chi connectivity index (χ0n) is 16.2. The normalized spacial score (nSPS) is 18.2. The fourth-order valence-electron chi connectivity index (χ4n) is 3.23. The number of ether oxygens (including phenoxy) is 3. The number of para-hydroxylation sites is 1. The number of esters is 1. The van der Waals surface area contributed by atoms with Crippen LogP contribution in [0.15, 0.2) is 35.5 Å². The average Bonchev–Trinajstić information content (AvgIpc) is 2.61. The first-order valence-corrected chi connectivity index (χ1v) is 9.22. The highest BCUT2D eigenvalue weighted by atomic mass is 32.1. The number of benzene rings is 1. The lowest BCUT2D eigenvalue weighted by Crippen LogP contribution is -2.52. The van der Waals surface area contributed by atoms with Gasteiger partial charge >= 0.3 is 12.6 Å². The molecule has 0 saturated heterocycles. The van der Waals surface area contributed by atoms with E-state index in [1.165, 1.54) is 6.07 Å². The molecular weight excluding hydrogens is 390 g/mol. The molecule has 9 heteroatoms. The first-order valence-electron chi connectivity index (χ1n) is 8.82. The number of thiocarbonyl (C=S) groups is 1. The smallest absolute Gasteiger partial charge is 0.387 e. The van der Waals surface area contributed by atoms with Gasteiger partial charge in [0.1, 0.15) is 5.75 Å². The summed E-state index contributed by atoms with van der Waals surface area (Å²) in [6, 6.07) is 5.35. The topological polar surface area (TPSA) is 60.0 Å². The second kappa shape index (κ2) is 9.79. The van der Waals surface area contributed by atoms with Crippen LogP contribution in [0.3, 0.4) is 0 Å². The summed E-state index contributed by atoms with van der Waals surface area (Å²) in [6.45, 7) is 2.90. The number of alkyl halides is 2. The van der Waals surface area contributed by atoms with Crippen LogP contribution in [0, 0.1) is 0 Å². The molecule has 0 unspecified atom stereocenters. The van der Waals surface area contributed by atoms with Gasteiger partial charge in [0.15, 0.2) is 5.11 Å². The molecule has 0 saturated carbocycles. The number of halogens is 2. The minimum absolute atomic E-state index is 0.0363. The van der Waals surface area contributed by atoms with Gasteiger partial charge in [-0.15, -0.1) is 0 Å². The van der Waals surface area contributed by atoms with Gasteiger partial charge in [-0.3, -0.25) is 0 Å². The molecular formula is C19H24F2N2O4S. The van der Waals surface area contributed by atoms with E-state index in [1.54, 1.807) is 44.1 Å². The summed E-state index contributed by atoms with van der Waals surface area (Å²) in [7, 11) is 1.57. The van der Waals surface area contributed by atoms with Crippen molar-refractivity contribution in [2.75, 3.05) is 20.3 Å². The molecule has 1 aromatic carbocycles. The third kappa shape index (κ3) is 4.77. The Balaban J connectivity index is 2.58. The standard InChI is InChI=1S/C19H24F2N2O4S/c1-5-26-17(24)15-12(3)23(11(2)10-25-4)19(28)22-16(15)13-8-6-7-9-14(13)27-18(20)21/h6-9,11,16,18H,5,10H2,1-4H3,(H,22,28)/t11-,16+/m0/s1. The molecule has 0 bridgehead atoms.